The minimum absolute atomic E-state index is 0.0592. The van der Waals surface area contributed by atoms with E-state index in [9.17, 15) is 4.79 Å². The molecule has 1 unspecified atom stereocenters. The van der Waals surface area contributed by atoms with Crippen molar-refractivity contribution in [2.24, 2.45) is 11.1 Å². The van der Waals surface area contributed by atoms with Crippen molar-refractivity contribution in [1.82, 2.24) is 5.32 Å². The van der Waals surface area contributed by atoms with Crippen LogP contribution in [0.5, 0.6) is 0 Å². The quantitative estimate of drug-likeness (QED) is 0.660. The third-order valence-corrected chi connectivity index (χ3v) is 3.42. The predicted octanol–water partition coefficient (Wildman–Crippen LogP) is 1.29. The van der Waals surface area contributed by atoms with Crippen LogP contribution in [0.4, 0.5) is 0 Å². The summed E-state index contributed by atoms with van der Waals surface area (Å²) < 4.78 is 5.06. The Balaban J connectivity index is 4.50. The maximum absolute atomic E-state index is 12.2. The molecule has 0 aliphatic rings. The average molecular weight is 230 g/mol. The second kappa shape index (κ2) is 7.63. The van der Waals surface area contributed by atoms with Crippen LogP contribution in [-0.2, 0) is 9.53 Å². The van der Waals surface area contributed by atoms with E-state index in [0.29, 0.717) is 13.2 Å². The number of methoxy groups -OCH3 is 1. The first-order valence-corrected chi connectivity index (χ1v) is 6.10. The lowest BCUT2D eigenvalue weighted by Gasteiger charge is -2.30. The fraction of sp³-hybridized carbons (Fsp3) is 0.917. The molecule has 0 spiro atoms. The molecule has 0 saturated heterocycles. The Bertz CT molecular complexity index is 195. The summed E-state index contributed by atoms with van der Waals surface area (Å²) >= 11 is 0. The number of rotatable bonds is 8. The molecule has 16 heavy (non-hydrogen) atoms. The van der Waals surface area contributed by atoms with Crippen molar-refractivity contribution in [2.75, 3.05) is 20.3 Å². The SMILES string of the molecule is CCC(COC)NC(=O)C(CC)(CC)CN. The lowest BCUT2D eigenvalue weighted by Crippen LogP contribution is -2.49. The van der Waals surface area contributed by atoms with E-state index in [1.165, 1.54) is 0 Å². The van der Waals surface area contributed by atoms with Crippen molar-refractivity contribution < 1.29 is 9.53 Å². The number of carbonyl (C=O) groups excluding carboxylic acids is 1. The molecule has 0 aromatic rings. The fourth-order valence-corrected chi connectivity index (χ4v) is 1.75. The second-order valence-corrected chi connectivity index (χ2v) is 4.23. The Hall–Kier alpha value is -0.610. The molecule has 0 fully saturated rings. The third-order valence-electron chi connectivity index (χ3n) is 3.42. The largest absolute Gasteiger partial charge is 0.383 e. The normalized spacial score (nSPS) is 13.6. The summed E-state index contributed by atoms with van der Waals surface area (Å²) in [6, 6.07) is 0.0847. The van der Waals surface area contributed by atoms with Crippen LogP contribution in [0.2, 0.25) is 0 Å². The molecule has 0 aromatic heterocycles. The van der Waals surface area contributed by atoms with Gasteiger partial charge in [-0.3, -0.25) is 4.79 Å². The molecule has 0 rings (SSSR count). The highest BCUT2D eigenvalue weighted by Crippen LogP contribution is 2.25. The summed E-state index contributed by atoms with van der Waals surface area (Å²) in [4.78, 5) is 12.2. The number of ether oxygens (including phenoxy) is 1. The first-order chi connectivity index (χ1) is 7.60. The van der Waals surface area contributed by atoms with Crippen LogP contribution in [0.25, 0.3) is 0 Å². The number of hydrogen-bond acceptors (Lipinski definition) is 3. The minimum Gasteiger partial charge on any atom is -0.383 e. The van der Waals surface area contributed by atoms with Gasteiger partial charge in [0.05, 0.1) is 18.1 Å². The molecule has 0 radical (unpaired) electrons. The van der Waals surface area contributed by atoms with E-state index >= 15 is 0 Å². The topological polar surface area (TPSA) is 64.3 Å². The average Bonchev–Trinajstić information content (AvgIpc) is 2.31. The van der Waals surface area contributed by atoms with E-state index in [0.717, 1.165) is 19.3 Å². The van der Waals surface area contributed by atoms with Crippen LogP contribution in [0.15, 0.2) is 0 Å². The van der Waals surface area contributed by atoms with Gasteiger partial charge in [-0.2, -0.15) is 0 Å². The highest BCUT2D eigenvalue weighted by atomic mass is 16.5. The molecule has 1 atom stereocenters. The van der Waals surface area contributed by atoms with E-state index < -0.39 is 5.41 Å². The molecule has 0 bridgehead atoms. The molecule has 0 aliphatic carbocycles. The van der Waals surface area contributed by atoms with Gasteiger partial charge in [0, 0.05) is 13.7 Å². The molecule has 96 valence electrons. The predicted molar refractivity (Wildman–Crippen MR) is 66.2 cm³/mol. The zero-order valence-corrected chi connectivity index (χ0v) is 11.0. The zero-order chi connectivity index (χ0) is 12.6. The van der Waals surface area contributed by atoms with Gasteiger partial charge in [0.25, 0.3) is 0 Å². The Labute approximate surface area is 98.9 Å². The van der Waals surface area contributed by atoms with Gasteiger partial charge in [0.15, 0.2) is 0 Å². The smallest absolute Gasteiger partial charge is 0.227 e. The highest BCUT2D eigenvalue weighted by Gasteiger charge is 2.34. The number of hydrogen-bond donors (Lipinski definition) is 2. The van der Waals surface area contributed by atoms with Crippen molar-refractivity contribution in [1.29, 1.82) is 0 Å². The molecular weight excluding hydrogens is 204 g/mol. The van der Waals surface area contributed by atoms with Crippen LogP contribution < -0.4 is 11.1 Å². The molecule has 0 heterocycles. The molecule has 0 aliphatic heterocycles. The minimum atomic E-state index is -0.416. The molecule has 1 amide bonds. The van der Waals surface area contributed by atoms with E-state index in [1.54, 1.807) is 7.11 Å². The standard InChI is InChI=1S/C12H26N2O2/c1-5-10(8-16-4)14-11(15)12(6-2,7-3)9-13/h10H,5-9,13H2,1-4H3,(H,14,15). The van der Waals surface area contributed by atoms with Gasteiger partial charge >= 0.3 is 0 Å². The lowest BCUT2D eigenvalue weighted by atomic mass is 9.81. The molecule has 4 nitrogen and oxygen atoms in total. The summed E-state index contributed by atoms with van der Waals surface area (Å²) in [7, 11) is 1.64. The van der Waals surface area contributed by atoms with Gasteiger partial charge in [-0.05, 0) is 19.3 Å². The van der Waals surface area contributed by atoms with Gasteiger partial charge in [0.1, 0.15) is 0 Å². The van der Waals surface area contributed by atoms with Crippen LogP contribution in [-0.4, -0.2) is 32.2 Å². The van der Waals surface area contributed by atoms with E-state index in [2.05, 4.69) is 5.32 Å². The Morgan fingerprint density at radius 2 is 1.94 bits per heavy atom. The number of nitrogens with two attached hydrogens (primary N) is 1. The van der Waals surface area contributed by atoms with Gasteiger partial charge in [0.2, 0.25) is 5.91 Å². The molecule has 0 aromatic carbocycles. The summed E-state index contributed by atoms with van der Waals surface area (Å²) in [5.41, 5.74) is 5.31. The van der Waals surface area contributed by atoms with Gasteiger partial charge in [-0.25, -0.2) is 0 Å². The number of amides is 1. The van der Waals surface area contributed by atoms with Crippen LogP contribution in [0, 0.1) is 5.41 Å². The second-order valence-electron chi connectivity index (χ2n) is 4.23. The zero-order valence-electron chi connectivity index (χ0n) is 11.0. The Kier molecular flexibility index (Phi) is 7.34. The summed E-state index contributed by atoms with van der Waals surface area (Å²) in [6.07, 6.45) is 2.41. The van der Waals surface area contributed by atoms with Crippen molar-refractivity contribution in [3.8, 4) is 0 Å². The maximum Gasteiger partial charge on any atom is 0.227 e. The van der Waals surface area contributed by atoms with Crippen LogP contribution >= 0.6 is 0 Å². The summed E-state index contributed by atoms with van der Waals surface area (Å²) in [5, 5.41) is 3.02. The molecule has 3 N–H and O–H groups in total. The van der Waals surface area contributed by atoms with Crippen molar-refractivity contribution in [2.45, 2.75) is 46.1 Å². The van der Waals surface area contributed by atoms with Crippen molar-refractivity contribution >= 4 is 5.91 Å². The van der Waals surface area contributed by atoms with E-state index in [4.69, 9.17) is 10.5 Å². The van der Waals surface area contributed by atoms with Crippen molar-refractivity contribution in [3.05, 3.63) is 0 Å². The van der Waals surface area contributed by atoms with Gasteiger partial charge in [-0.1, -0.05) is 20.8 Å². The van der Waals surface area contributed by atoms with Crippen LogP contribution in [0.1, 0.15) is 40.0 Å². The van der Waals surface area contributed by atoms with Crippen LogP contribution in [0.3, 0.4) is 0 Å². The maximum atomic E-state index is 12.2. The first kappa shape index (κ1) is 15.4. The highest BCUT2D eigenvalue weighted by molar-refractivity contribution is 5.83. The fourth-order valence-electron chi connectivity index (χ4n) is 1.75. The molecule has 4 heteroatoms. The Morgan fingerprint density at radius 3 is 2.25 bits per heavy atom. The molecule has 0 saturated carbocycles. The third kappa shape index (κ3) is 3.76. The lowest BCUT2D eigenvalue weighted by molar-refractivity contribution is -0.132. The number of nitrogens with one attached hydrogen (secondary N) is 1. The molecular formula is C12H26N2O2. The summed E-state index contributed by atoms with van der Waals surface area (Å²) in [5.74, 6) is 0.0592. The number of carbonyl (C=O) groups is 1. The van der Waals surface area contributed by atoms with E-state index in [-0.39, 0.29) is 11.9 Å². The van der Waals surface area contributed by atoms with Crippen molar-refractivity contribution in [3.63, 3.8) is 0 Å². The Morgan fingerprint density at radius 1 is 1.38 bits per heavy atom. The van der Waals surface area contributed by atoms with Gasteiger partial charge in [-0.15, -0.1) is 0 Å². The monoisotopic (exact) mass is 230 g/mol. The first-order valence-electron chi connectivity index (χ1n) is 6.10. The van der Waals surface area contributed by atoms with Gasteiger partial charge < -0.3 is 15.8 Å². The van der Waals surface area contributed by atoms with E-state index in [1.807, 2.05) is 20.8 Å². The summed E-state index contributed by atoms with van der Waals surface area (Å²) in [6.45, 7) is 7.00.